The third kappa shape index (κ3) is 3.88. The summed E-state index contributed by atoms with van der Waals surface area (Å²) < 4.78 is 20.5. The molecule has 0 saturated heterocycles. The van der Waals surface area contributed by atoms with Crippen LogP contribution < -0.4 is 0 Å². The summed E-state index contributed by atoms with van der Waals surface area (Å²) >= 11 is 1.17. The van der Waals surface area contributed by atoms with Gasteiger partial charge in [-0.1, -0.05) is 12.1 Å². The van der Waals surface area contributed by atoms with Crippen molar-refractivity contribution in [2.24, 2.45) is 0 Å². The molecule has 2 aromatic carbocycles. The lowest BCUT2D eigenvalue weighted by molar-refractivity contribution is -0.160. The quantitative estimate of drug-likeness (QED) is 0.252. The molecule has 4 nitrogen and oxygen atoms in total. The van der Waals surface area contributed by atoms with E-state index in [-0.39, 0.29) is 5.82 Å². The predicted molar refractivity (Wildman–Crippen MR) is 105 cm³/mol. The molecule has 0 aliphatic carbocycles. The maximum absolute atomic E-state index is 13.3. The second-order valence-electron chi connectivity index (χ2n) is 6.02. The molecular formula is C21H17FN2O2S. The molecule has 136 valence electrons. The van der Waals surface area contributed by atoms with E-state index in [1.165, 1.54) is 31.3 Å². The molecule has 4 aromatic rings. The molecule has 2 aromatic heterocycles. The Bertz CT molecular complexity index is 1050. The molecule has 0 fully saturated rings. The van der Waals surface area contributed by atoms with Gasteiger partial charge in [-0.2, -0.15) is 4.33 Å². The van der Waals surface area contributed by atoms with Gasteiger partial charge in [-0.3, -0.25) is 4.98 Å². The monoisotopic (exact) mass is 380 g/mol. The van der Waals surface area contributed by atoms with E-state index in [0.29, 0.717) is 6.54 Å². The van der Waals surface area contributed by atoms with Crippen molar-refractivity contribution < 1.29 is 13.6 Å². The number of hydrogen-bond donors (Lipinski definition) is 0. The molecule has 6 heteroatoms. The Labute approximate surface area is 160 Å². The molecule has 0 bridgehead atoms. The molecule has 2 heterocycles. The molecule has 0 saturated carbocycles. The van der Waals surface area contributed by atoms with Crippen LogP contribution in [0.5, 0.6) is 0 Å². The van der Waals surface area contributed by atoms with Crippen LogP contribution in [0.15, 0.2) is 78.0 Å². The summed E-state index contributed by atoms with van der Waals surface area (Å²) in [6, 6.07) is 18.8. The van der Waals surface area contributed by atoms with Crippen molar-refractivity contribution in [1.82, 2.24) is 9.55 Å². The largest absolute Gasteiger partial charge is 0.336 e. The molecule has 0 aliphatic rings. The smallest absolute Gasteiger partial charge is 0.123 e. The molecule has 0 aliphatic heterocycles. The molecule has 0 N–H and O–H groups in total. The number of aromatic nitrogens is 2. The second kappa shape index (κ2) is 7.92. The molecule has 0 unspecified atom stereocenters. The first kappa shape index (κ1) is 17.7. The van der Waals surface area contributed by atoms with Crippen molar-refractivity contribution >= 4 is 22.9 Å². The van der Waals surface area contributed by atoms with Gasteiger partial charge in [0.1, 0.15) is 5.82 Å². The van der Waals surface area contributed by atoms with Crippen LogP contribution in [-0.2, 0) is 15.8 Å². The molecular weight excluding hydrogens is 363 g/mol. The lowest BCUT2D eigenvalue weighted by atomic mass is 10.1. The molecule has 0 amide bonds. The highest BCUT2D eigenvalue weighted by atomic mass is 32.2. The van der Waals surface area contributed by atoms with E-state index in [1.807, 2.05) is 30.3 Å². The van der Waals surface area contributed by atoms with Crippen molar-refractivity contribution in [3.63, 3.8) is 0 Å². The van der Waals surface area contributed by atoms with E-state index >= 15 is 0 Å². The Balaban J connectivity index is 1.81. The Morgan fingerprint density at radius 1 is 1.00 bits per heavy atom. The molecule has 27 heavy (non-hydrogen) atoms. The van der Waals surface area contributed by atoms with Crippen molar-refractivity contribution in [2.75, 3.05) is 7.11 Å². The van der Waals surface area contributed by atoms with Gasteiger partial charge in [-0.15, -0.1) is 0 Å². The minimum absolute atomic E-state index is 0.231. The number of hydrogen-bond acceptors (Lipinski definition) is 4. The zero-order valence-electron chi connectivity index (χ0n) is 14.6. The third-order valence-corrected chi connectivity index (χ3v) is 4.95. The zero-order chi connectivity index (χ0) is 18.6. The summed E-state index contributed by atoms with van der Waals surface area (Å²) in [5, 5.41) is 1.09. The fraction of sp³-hybridized carbons (Fsp3) is 0.0952. The molecule has 0 spiro atoms. The lowest BCUT2D eigenvalue weighted by Gasteiger charge is -2.11. The van der Waals surface area contributed by atoms with Crippen LogP contribution in [-0.4, -0.2) is 16.7 Å². The fourth-order valence-electron chi connectivity index (χ4n) is 3.08. The minimum atomic E-state index is -0.231. The first-order chi connectivity index (χ1) is 13.2. The van der Waals surface area contributed by atoms with Crippen LogP contribution in [0.25, 0.3) is 22.2 Å². The maximum Gasteiger partial charge on any atom is 0.123 e. The van der Waals surface area contributed by atoms with Gasteiger partial charge in [0.2, 0.25) is 0 Å². The number of rotatable bonds is 6. The van der Waals surface area contributed by atoms with E-state index < -0.39 is 0 Å². The minimum Gasteiger partial charge on any atom is -0.336 e. The summed E-state index contributed by atoms with van der Waals surface area (Å²) in [6.45, 7) is 0.641. The standard InChI is InChI=1S/C21H17FN2O2S/c1-25-26-27-19-6-7-20-17(12-19)13-21(16-8-10-23-11-9-16)24(20)14-15-2-4-18(22)5-3-15/h2-13H,14H2,1H3. The normalized spacial score (nSPS) is 11.2. The summed E-state index contributed by atoms with van der Waals surface area (Å²) in [5.41, 5.74) is 4.27. The van der Waals surface area contributed by atoms with Crippen LogP contribution in [0.2, 0.25) is 0 Å². The van der Waals surface area contributed by atoms with Gasteiger partial charge >= 0.3 is 0 Å². The Kier molecular flexibility index (Phi) is 5.20. The maximum atomic E-state index is 13.3. The molecule has 0 radical (unpaired) electrons. The highest BCUT2D eigenvalue weighted by Crippen LogP contribution is 2.32. The van der Waals surface area contributed by atoms with Crippen LogP contribution in [0.4, 0.5) is 4.39 Å². The van der Waals surface area contributed by atoms with Gasteiger partial charge in [0.25, 0.3) is 0 Å². The molecule has 4 rings (SSSR count). The number of pyridine rings is 1. The number of halogens is 1. The van der Waals surface area contributed by atoms with Gasteiger partial charge in [-0.25, -0.2) is 9.28 Å². The van der Waals surface area contributed by atoms with Crippen molar-refractivity contribution in [2.45, 2.75) is 11.4 Å². The van der Waals surface area contributed by atoms with Gasteiger partial charge < -0.3 is 4.57 Å². The van der Waals surface area contributed by atoms with E-state index in [0.717, 1.165) is 32.6 Å². The van der Waals surface area contributed by atoms with E-state index in [4.69, 9.17) is 4.33 Å². The van der Waals surface area contributed by atoms with Crippen LogP contribution >= 0.6 is 12.0 Å². The molecule has 0 atom stereocenters. The first-order valence-electron chi connectivity index (χ1n) is 8.40. The first-order valence-corrected chi connectivity index (χ1v) is 9.14. The van der Waals surface area contributed by atoms with Crippen LogP contribution in [0.3, 0.4) is 0 Å². The topological polar surface area (TPSA) is 36.3 Å². The summed E-state index contributed by atoms with van der Waals surface area (Å²) in [5.74, 6) is -0.231. The Hall–Kier alpha value is -2.67. The Morgan fingerprint density at radius 2 is 1.78 bits per heavy atom. The van der Waals surface area contributed by atoms with Crippen LogP contribution in [0, 0.1) is 5.82 Å². The average molecular weight is 380 g/mol. The summed E-state index contributed by atoms with van der Waals surface area (Å²) in [6.07, 6.45) is 3.56. The lowest BCUT2D eigenvalue weighted by Crippen LogP contribution is -2.01. The highest BCUT2D eigenvalue weighted by Gasteiger charge is 2.12. The second-order valence-corrected chi connectivity index (χ2v) is 6.79. The average Bonchev–Trinajstić information content (AvgIpc) is 3.06. The number of benzene rings is 2. The fourth-order valence-corrected chi connectivity index (χ4v) is 3.52. The number of nitrogens with zero attached hydrogens (tertiary/aromatic N) is 2. The van der Waals surface area contributed by atoms with Crippen LogP contribution in [0.1, 0.15) is 5.56 Å². The van der Waals surface area contributed by atoms with Gasteiger partial charge in [-0.05, 0) is 54.1 Å². The van der Waals surface area contributed by atoms with Gasteiger partial charge in [0, 0.05) is 46.0 Å². The summed E-state index contributed by atoms with van der Waals surface area (Å²) in [7, 11) is 1.48. The summed E-state index contributed by atoms with van der Waals surface area (Å²) in [4.78, 5) is 9.72. The predicted octanol–water partition coefficient (Wildman–Crippen LogP) is 5.48. The van der Waals surface area contributed by atoms with Crippen molar-refractivity contribution in [1.29, 1.82) is 0 Å². The Morgan fingerprint density at radius 3 is 2.52 bits per heavy atom. The zero-order valence-corrected chi connectivity index (χ0v) is 15.4. The van der Waals surface area contributed by atoms with Gasteiger partial charge in [0.05, 0.1) is 19.2 Å². The third-order valence-electron chi connectivity index (χ3n) is 4.30. The number of fused-ring (bicyclic) bond motifs is 1. The highest BCUT2D eigenvalue weighted by molar-refractivity contribution is 7.94. The SMILES string of the molecule is COOSc1ccc2c(c1)cc(-c1ccncc1)n2Cc1ccc(F)cc1. The van der Waals surface area contributed by atoms with Crippen molar-refractivity contribution in [3.8, 4) is 11.3 Å². The van der Waals surface area contributed by atoms with Gasteiger partial charge in [0.15, 0.2) is 0 Å². The van der Waals surface area contributed by atoms with E-state index in [1.54, 1.807) is 12.4 Å². The van der Waals surface area contributed by atoms with E-state index in [2.05, 4.69) is 32.6 Å². The van der Waals surface area contributed by atoms with E-state index in [9.17, 15) is 4.39 Å². The van der Waals surface area contributed by atoms with Crippen molar-refractivity contribution in [3.05, 3.63) is 84.4 Å².